The standard InChI is InChI=1S/C35H38O4/c1-3-5-7-15-25-29(19-21-31(36)33(25)38)35(30-20-22-32(37)34(39)26(30)16-8-6-4-2)27-17-11-9-13-23(27)24-14-10-12-18-28(24)35/h9-14,17-22,36-39H,3-8,15-16H2,1-2H3. The van der Waals surface area contributed by atoms with Crippen LogP contribution in [0.15, 0.2) is 72.8 Å². The second-order valence-electron chi connectivity index (χ2n) is 10.7. The van der Waals surface area contributed by atoms with Crippen molar-refractivity contribution in [2.45, 2.75) is 70.6 Å². The number of fused-ring (bicyclic) bond motifs is 3. The third-order valence-electron chi connectivity index (χ3n) is 8.34. The van der Waals surface area contributed by atoms with Gasteiger partial charge < -0.3 is 20.4 Å². The van der Waals surface area contributed by atoms with Crippen LogP contribution >= 0.6 is 0 Å². The monoisotopic (exact) mass is 522 g/mol. The third-order valence-corrected chi connectivity index (χ3v) is 8.34. The lowest BCUT2D eigenvalue weighted by molar-refractivity contribution is 0.395. The first-order chi connectivity index (χ1) is 19.0. The van der Waals surface area contributed by atoms with Gasteiger partial charge in [-0.15, -0.1) is 0 Å². The lowest BCUT2D eigenvalue weighted by atomic mass is 9.64. The van der Waals surface area contributed by atoms with Gasteiger partial charge in [-0.05, 0) is 71.2 Å². The largest absolute Gasteiger partial charge is 0.504 e. The number of unbranched alkanes of at least 4 members (excludes halogenated alkanes) is 4. The molecule has 0 aromatic heterocycles. The van der Waals surface area contributed by atoms with Gasteiger partial charge in [-0.1, -0.05) is 100 Å². The first-order valence-corrected chi connectivity index (χ1v) is 14.2. The van der Waals surface area contributed by atoms with Crippen LogP contribution in [-0.4, -0.2) is 20.4 Å². The first kappa shape index (κ1) is 26.7. The van der Waals surface area contributed by atoms with Crippen molar-refractivity contribution in [2.24, 2.45) is 0 Å². The summed E-state index contributed by atoms with van der Waals surface area (Å²) in [5.74, 6) is -0.422. The highest BCUT2D eigenvalue weighted by molar-refractivity contribution is 5.87. The van der Waals surface area contributed by atoms with Crippen molar-refractivity contribution in [3.63, 3.8) is 0 Å². The molecule has 4 nitrogen and oxygen atoms in total. The zero-order valence-electron chi connectivity index (χ0n) is 22.9. The zero-order valence-corrected chi connectivity index (χ0v) is 22.9. The molecule has 0 saturated carbocycles. The quantitative estimate of drug-likeness (QED) is 0.110. The SMILES string of the molecule is CCCCCc1c(C2(c3ccc(O)c(O)c3CCCCC)c3ccccc3-c3ccccc32)ccc(O)c1O. The van der Waals surface area contributed by atoms with Gasteiger partial charge in [-0.25, -0.2) is 0 Å². The molecule has 0 atom stereocenters. The molecule has 4 N–H and O–H groups in total. The molecule has 5 rings (SSSR count). The number of phenolic OH excluding ortho intramolecular Hbond substituents is 4. The molecule has 0 amide bonds. The van der Waals surface area contributed by atoms with Crippen molar-refractivity contribution < 1.29 is 20.4 Å². The number of hydrogen-bond donors (Lipinski definition) is 4. The Kier molecular flexibility index (Phi) is 7.56. The van der Waals surface area contributed by atoms with Gasteiger partial charge in [-0.3, -0.25) is 0 Å². The van der Waals surface area contributed by atoms with Crippen LogP contribution < -0.4 is 0 Å². The van der Waals surface area contributed by atoms with Crippen molar-refractivity contribution in [3.05, 3.63) is 106 Å². The van der Waals surface area contributed by atoms with E-state index in [9.17, 15) is 20.4 Å². The van der Waals surface area contributed by atoms with Crippen molar-refractivity contribution in [1.82, 2.24) is 0 Å². The molecule has 39 heavy (non-hydrogen) atoms. The lowest BCUT2D eigenvalue weighted by Crippen LogP contribution is -2.31. The van der Waals surface area contributed by atoms with E-state index in [0.29, 0.717) is 12.8 Å². The minimum absolute atomic E-state index is 0.0830. The molecule has 0 bridgehead atoms. The van der Waals surface area contributed by atoms with Crippen LogP contribution in [0.5, 0.6) is 23.0 Å². The molecule has 0 saturated heterocycles. The molecule has 1 aliphatic rings. The summed E-state index contributed by atoms with van der Waals surface area (Å²) < 4.78 is 0. The number of rotatable bonds is 10. The van der Waals surface area contributed by atoms with Gasteiger partial charge in [0.05, 0.1) is 5.41 Å². The highest BCUT2D eigenvalue weighted by Crippen LogP contribution is 2.59. The van der Waals surface area contributed by atoms with Gasteiger partial charge in [0, 0.05) is 11.1 Å². The summed E-state index contributed by atoms with van der Waals surface area (Å²) in [6, 6.07) is 23.7. The number of phenols is 4. The van der Waals surface area contributed by atoms with Crippen LogP contribution in [0.1, 0.15) is 85.8 Å². The first-order valence-electron chi connectivity index (χ1n) is 14.2. The van der Waals surface area contributed by atoms with Crippen molar-refractivity contribution in [3.8, 4) is 34.1 Å². The number of aromatic hydroxyl groups is 4. The Morgan fingerprint density at radius 3 is 1.31 bits per heavy atom. The zero-order chi connectivity index (χ0) is 27.6. The van der Waals surface area contributed by atoms with Gasteiger partial charge in [0.2, 0.25) is 0 Å². The van der Waals surface area contributed by atoms with E-state index in [1.54, 1.807) is 12.1 Å². The van der Waals surface area contributed by atoms with Crippen LogP contribution in [0, 0.1) is 0 Å². The van der Waals surface area contributed by atoms with Crippen LogP contribution in [0.2, 0.25) is 0 Å². The molecular weight excluding hydrogens is 484 g/mol. The fraction of sp³-hybridized carbons (Fsp3) is 0.314. The topological polar surface area (TPSA) is 80.9 Å². The number of benzene rings is 4. The van der Waals surface area contributed by atoms with E-state index in [0.717, 1.165) is 83.0 Å². The molecule has 0 aliphatic heterocycles. The summed E-state index contributed by atoms with van der Waals surface area (Å²) in [6.07, 6.45) is 7.09. The third kappa shape index (κ3) is 4.32. The minimum Gasteiger partial charge on any atom is -0.504 e. The van der Waals surface area contributed by atoms with E-state index in [1.165, 1.54) is 0 Å². The van der Waals surface area contributed by atoms with Gasteiger partial charge in [0.1, 0.15) is 0 Å². The summed E-state index contributed by atoms with van der Waals surface area (Å²) in [6.45, 7) is 4.30. The van der Waals surface area contributed by atoms with Crippen molar-refractivity contribution in [1.29, 1.82) is 0 Å². The number of hydrogen-bond acceptors (Lipinski definition) is 4. The second kappa shape index (κ2) is 11.1. The van der Waals surface area contributed by atoms with E-state index < -0.39 is 5.41 Å². The molecule has 0 spiro atoms. The maximum absolute atomic E-state index is 11.3. The molecule has 0 radical (unpaired) electrons. The lowest BCUT2D eigenvalue weighted by Gasteiger charge is -2.37. The fourth-order valence-electron chi connectivity index (χ4n) is 6.52. The average Bonchev–Trinajstić information content (AvgIpc) is 3.25. The Hall–Kier alpha value is -3.92. The van der Waals surface area contributed by atoms with E-state index in [2.05, 4.69) is 38.1 Å². The van der Waals surface area contributed by atoms with Crippen LogP contribution in [0.4, 0.5) is 0 Å². The predicted molar refractivity (Wildman–Crippen MR) is 157 cm³/mol. The fourth-order valence-corrected chi connectivity index (χ4v) is 6.52. The van der Waals surface area contributed by atoms with Crippen molar-refractivity contribution >= 4 is 0 Å². The van der Waals surface area contributed by atoms with Gasteiger partial charge in [0.15, 0.2) is 23.0 Å². The molecule has 4 aromatic carbocycles. The highest BCUT2D eigenvalue weighted by atomic mass is 16.3. The van der Waals surface area contributed by atoms with Crippen LogP contribution in [0.3, 0.4) is 0 Å². The molecule has 1 aliphatic carbocycles. The van der Waals surface area contributed by atoms with E-state index in [1.807, 2.05) is 36.4 Å². The molecule has 0 unspecified atom stereocenters. The molecule has 0 heterocycles. The summed E-state index contributed by atoms with van der Waals surface area (Å²) in [7, 11) is 0. The minimum atomic E-state index is -0.855. The molecule has 4 heteroatoms. The molecule has 4 aromatic rings. The second-order valence-corrected chi connectivity index (χ2v) is 10.7. The Morgan fingerprint density at radius 2 is 0.897 bits per heavy atom. The molecular formula is C35H38O4. The van der Waals surface area contributed by atoms with Gasteiger partial charge in [0.25, 0.3) is 0 Å². The maximum Gasteiger partial charge on any atom is 0.161 e. The van der Waals surface area contributed by atoms with Gasteiger partial charge >= 0.3 is 0 Å². The van der Waals surface area contributed by atoms with Gasteiger partial charge in [-0.2, -0.15) is 0 Å². The highest BCUT2D eigenvalue weighted by Gasteiger charge is 2.49. The predicted octanol–water partition coefficient (Wildman–Crippen LogP) is 8.34. The normalized spacial score (nSPS) is 13.3. The van der Waals surface area contributed by atoms with E-state index in [4.69, 9.17) is 0 Å². The van der Waals surface area contributed by atoms with E-state index >= 15 is 0 Å². The molecule has 202 valence electrons. The average molecular weight is 523 g/mol. The summed E-state index contributed by atoms with van der Waals surface area (Å²) in [5, 5.41) is 43.8. The van der Waals surface area contributed by atoms with E-state index in [-0.39, 0.29) is 23.0 Å². The maximum atomic E-state index is 11.3. The van der Waals surface area contributed by atoms with Crippen LogP contribution in [-0.2, 0) is 18.3 Å². The smallest absolute Gasteiger partial charge is 0.161 e. The summed E-state index contributed by atoms with van der Waals surface area (Å²) in [5.41, 5.74) is 6.72. The summed E-state index contributed by atoms with van der Waals surface area (Å²) >= 11 is 0. The Labute approximate surface area is 231 Å². The van der Waals surface area contributed by atoms with Crippen molar-refractivity contribution in [2.75, 3.05) is 0 Å². The Balaban J connectivity index is 1.92. The summed E-state index contributed by atoms with van der Waals surface area (Å²) in [4.78, 5) is 0. The Morgan fingerprint density at radius 1 is 0.487 bits per heavy atom. The molecule has 0 fully saturated rings. The van der Waals surface area contributed by atoms with Crippen LogP contribution in [0.25, 0.3) is 11.1 Å². The Bertz CT molecular complexity index is 1370.